The van der Waals surface area contributed by atoms with Crippen molar-refractivity contribution in [2.45, 2.75) is 44.7 Å². The van der Waals surface area contributed by atoms with Crippen molar-refractivity contribution in [1.82, 2.24) is 5.32 Å². The van der Waals surface area contributed by atoms with Gasteiger partial charge in [0.2, 0.25) is 0 Å². The van der Waals surface area contributed by atoms with E-state index in [0.29, 0.717) is 12.1 Å². The van der Waals surface area contributed by atoms with E-state index in [9.17, 15) is 0 Å². The topological polar surface area (TPSA) is 21.3 Å². The molecule has 0 bridgehead atoms. The van der Waals surface area contributed by atoms with Gasteiger partial charge in [-0.3, -0.25) is 0 Å². The second-order valence-corrected chi connectivity index (χ2v) is 6.63. The van der Waals surface area contributed by atoms with E-state index in [1.54, 1.807) is 7.11 Å². The highest BCUT2D eigenvalue weighted by Gasteiger charge is 2.23. The monoisotopic (exact) mass is 301 g/mol. The SMILES string of the molecule is CCC(NC1CCCc2ccc(OC)cc21)c1cccs1. The highest BCUT2D eigenvalue weighted by Crippen LogP contribution is 2.35. The van der Waals surface area contributed by atoms with Crippen LogP contribution in [0, 0.1) is 0 Å². The molecule has 112 valence electrons. The number of aryl methyl sites for hydroxylation is 1. The molecule has 0 radical (unpaired) electrons. The fourth-order valence-electron chi connectivity index (χ4n) is 3.21. The molecule has 21 heavy (non-hydrogen) atoms. The first-order chi connectivity index (χ1) is 10.3. The Kier molecular flexibility index (Phi) is 4.61. The summed E-state index contributed by atoms with van der Waals surface area (Å²) < 4.78 is 5.41. The molecule has 1 aliphatic rings. The molecule has 3 rings (SSSR count). The fraction of sp³-hybridized carbons (Fsp3) is 0.444. The van der Waals surface area contributed by atoms with Gasteiger partial charge in [0, 0.05) is 17.0 Å². The van der Waals surface area contributed by atoms with Crippen LogP contribution in [-0.4, -0.2) is 7.11 Å². The van der Waals surface area contributed by atoms with E-state index in [1.165, 1.54) is 35.3 Å². The maximum absolute atomic E-state index is 5.41. The molecular weight excluding hydrogens is 278 g/mol. The van der Waals surface area contributed by atoms with Crippen molar-refractivity contribution in [3.63, 3.8) is 0 Å². The van der Waals surface area contributed by atoms with Gasteiger partial charge < -0.3 is 10.1 Å². The first-order valence-corrected chi connectivity index (χ1v) is 8.66. The Labute approximate surface area is 131 Å². The summed E-state index contributed by atoms with van der Waals surface area (Å²) in [6, 6.07) is 11.8. The molecule has 0 aliphatic heterocycles. The van der Waals surface area contributed by atoms with Gasteiger partial charge in [-0.1, -0.05) is 19.1 Å². The Hall–Kier alpha value is -1.32. The van der Waals surface area contributed by atoms with Gasteiger partial charge in [-0.2, -0.15) is 0 Å². The van der Waals surface area contributed by atoms with Gasteiger partial charge in [0.1, 0.15) is 5.75 Å². The Bertz CT molecular complexity index is 579. The summed E-state index contributed by atoms with van der Waals surface area (Å²) in [5.74, 6) is 0.964. The summed E-state index contributed by atoms with van der Waals surface area (Å²) in [6.45, 7) is 2.26. The summed E-state index contributed by atoms with van der Waals surface area (Å²) in [5.41, 5.74) is 2.90. The molecule has 1 aromatic carbocycles. The Morgan fingerprint density at radius 2 is 2.29 bits per heavy atom. The van der Waals surface area contributed by atoms with E-state index in [2.05, 4.69) is 48.0 Å². The summed E-state index contributed by atoms with van der Waals surface area (Å²) >= 11 is 1.85. The van der Waals surface area contributed by atoms with Crippen molar-refractivity contribution in [2.24, 2.45) is 0 Å². The van der Waals surface area contributed by atoms with Crippen molar-refractivity contribution in [3.8, 4) is 5.75 Å². The van der Waals surface area contributed by atoms with Crippen molar-refractivity contribution in [2.75, 3.05) is 7.11 Å². The van der Waals surface area contributed by atoms with E-state index in [0.717, 1.165) is 12.2 Å². The number of methoxy groups -OCH3 is 1. The second-order valence-electron chi connectivity index (χ2n) is 5.65. The smallest absolute Gasteiger partial charge is 0.119 e. The van der Waals surface area contributed by atoms with Crippen molar-refractivity contribution < 1.29 is 4.74 Å². The Balaban J connectivity index is 1.84. The van der Waals surface area contributed by atoms with E-state index in [1.807, 2.05) is 11.3 Å². The molecule has 1 heterocycles. The average molecular weight is 301 g/mol. The molecule has 0 saturated heterocycles. The minimum atomic E-state index is 0.441. The zero-order valence-corrected chi connectivity index (χ0v) is 13.6. The first kappa shape index (κ1) is 14.6. The van der Waals surface area contributed by atoms with Gasteiger partial charge in [-0.15, -0.1) is 11.3 Å². The number of hydrogen-bond donors (Lipinski definition) is 1. The minimum absolute atomic E-state index is 0.441. The molecule has 2 atom stereocenters. The molecule has 2 unspecified atom stereocenters. The highest BCUT2D eigenvalue weighted by molar-refractivity contribution is 7.10. The first-order valence-electron chi connectivity index (χ1n) is 7.78. The van der Waals surface area contributed by atoms with Crippen molar-refractivity contribution in [3.05, 3.63) is 51.7 Å². The lowest BCUT2D eigenvalue weighted by molar-refractivity contribution is 0.388. The molecule has 0 fully saturated rings. The van der Waals surface area contributed by atoms with Crippen LogP contribution in [0.2, 0.25) is 0 Å². The Morgan fingerprint density at radius 3 is 3.00 bits per heavy atom. The molecule has 1 aliphatic carbocycles. The number of fused-ring (bicyclic) bond motifs is 1. The van der Waals surface area contributed by atoms with Crippen LogP contribution in [0.3, 0.4) is 0 Å². The predicted octanol–water partition coefficient (Wildman–Crippen LogP) is 4.88. The number of nitrogens with one attached hydrogen (secondary N) is 1. The number of benzene rings is 1. The third-order valence-corrected chi connectivity index (χ3v) is 5.35. The summed E-state index contributed by atoms with van der Waals surface area (Å²) in [5, 5.41) is 6.03. The highest BCUT2D eigenvalue weighted by atomic mass is 32.1. The van der Waals surface area contributed by atoms with Crippen molar-refractivity contribution >= 4 is 11.3 Å². The predicted molar refractivity (Wildman–Crippen MR) is 89.2 cm³/mol. The van der Waals surface area contributed by atoms with Crippen LogP contribution >= 0.6 is 11.3 Å². The van der Waals surface area contributed by atoms with Crippen molar-refractivity contribution in [1.29, 1.82) is 0 Å². The largest absolute Gasteiger partial charge is 0.497 e. The lowest BCUT2D eigenvalue weighted by atomic mass is 9.87. The lowest BCUT2D eigenvalue weighted by Crippen LogP contribution is -2.28. The molecule has 1 N–H and O–H groups in total. The van der Waals surface area contributed by atoms with Gasteiger partial charge in [0.15, 0.2) is 0 Å². The molecule has 0 spiro atoms. The van der Waals surface area contributed by atoms with E-state index in [-0.39, 0.29) is 0 Å². The quantitative estimate of drug-likeness (QED) is 0.850. The zero-order chi connectivity index (χ0) is 14.7. The third-order valence-electron chi connectivity index (χ3n) is 4.36. The second kappa shape index (κ2) is 6.63. The molecule has 0 saturated carbocycles. The lowest BCUT2D eigenvalue weighted by Gasteiger charge is -2.30. The maximum atomic E-state index is 5.41. The van der Waals surface area contributed by atoms with Crippen LogP contribution in [0.4, 0.5) is 0 Å². The van der Waals surface area contributed by atoms with Crippen LogP contribution in [0.5, 0.6) is 5.75 Å². The third kappa shape index (κ3) is 3.14. The van der Waals surface area contributed by atoms with Gasteiger partial charge in [0.05, 0.1) is 7.11 Å². The van der Waals surface area contributed by atoms with Gasteiger partial charge in [0.25, 0.3) is 0 Å². The summed E-state index contributed by atoms with van der Waals surface area (Å²) in [7, 11) is 1.74. The Morgan fingerprint density at radius 1 is 1.38 bits per heavy atom. The number of hydrogen-bond acceptors (Lipinski definition) is 3. The fourth-order valence-corrected chi connectivity index (χ4v) is 4.08. The van der Waals surface area contributed by atoms with Crippen LogP contribution in [0.15, 0.2) is 35.7 Å². The molecule has 3 heteroatoms. The number of ether oxygens (including phenoxy) is 1. The standard InChI is InChI=1S/C18H23NOS/c1-3-16(18-8-5-11-21-18)19-17-7-4-6-13-9-10-14(20-2)12-15(13)17/h5,8-12,16-17,19H,3-4,6-7H2,1-2H3. The summed E-state index contributed by atoms with van der Waals surface area (Å²) in [6.07, 6.45) is 4.78. The van der Waals surface area contributed by atoms with E-state index < -0.39 is 0 Å². The van der Waals surface area contributed by atoms with Crippen LogP contribution in [0.25, 0.3) is 0 Å². The maximum Gasteiger partial charge on any atom is 0.119 e. The van der Waals surface area contributed by atoms with Gasteiger partial charge in [-0.05, 0) is 60.4 Å². The minimum Gasteiger partial charge on any atom is -0.497 e. The normalized spacial score (nSPS) is 19.0. The molecule has 0 amide bonds. The zero-order valence-electron chi connectivity index (χ0n) is 12.8. The molecule has 2 aromatic rings. The molecular formula is C18H23NOS. The van der Waals surface area contributed by atoms with E-state index >= 15 is 0 Å². The summed E-state index contributed by atoms with van der Waals surface area (Å²) in [4.78, 5) is 1.44. The van der Waals surface area contributed by atoms with Gasteiger partial charge >= 0.3 is 0 Å². The average Bonchev–Trinajstić information content (AvgIpc) is 3.06. The number of thiophene rings is 1. The van der Waals surface area contributed by atoms with Crippen LogP contribution in [0.1, 0.15) is 54.3 Å². The van der Waals surface area contributed by atoms with Crippen LogP contribution in [-0.2, 0) is 6.42 Å². The van der Waals surface area contributed by atoms with Gasteiger partial charge in [-0.25, -0.2) is 0 Å². The number of rotatable bonds is 5. The van der Waals surface area contributed by atoms with Crippen LogP contribution < -0.4 is 10.1 Å². The van der Waals surface area contributed by atoms with E-state index in [4.69, 9.17) is 4.74 Å². The molecule has 2 nitrogen and oxygen atoms in total. The molecule has 1 aromatic heterocycles.